The van der Waals surface area contributed by atoms with Crippen molar-refractivity contribution in [1.29, 1.82) is 0 Å². The van der Waals surface area contributed by atoms with Crippen molar-refractivity contribution < 1.29 is 9.18 Å². The molecule has 0 radical (unpaired) electrons. The highest BCUT2D eigenvalue weighted by Crippen LogP contribution is 2.49. The van der Waals surface area contributed by atoms with Crippen molar-refractivity contribution in [3.05, 3.63) is 65.7 Å². The van der Waals surface area contributed by atoms with Crippen molar-refractivity contribution in [2.45, 2.75) is 24.8 Å². The molecule has 0 aliphatic heterocycles. The molecular formula is C19H18FN3O. The Hall–Kier alpha value is -2.69. The molecule has 0 saturated heterocycles. The van der Waals surface area contributed by atoms with Crippen molar-refractivity contribution in [1.82, 2.24) is 14.9 Å². The van der Waals surface area contributed by atoms with Crippen molar-refractivity contribution in [2.75, 3.05) is 7.05 Å². The van der Waals surface area contributed by atoms with E-state index in [0.717, 1.165) is 35.3 Å². The quantitative estimate of drug-likeness (QED) is 0.800. The minimum absolute atomic E-state index is 0.0644. The molecule has 0 unspecified atom stereocenters. The van der Waals surface area contributed by atoms with Crippen LogP contribution in [0.25, 0.3) is 11.0 Å². The van der Waals surface area contributed by atoms with E-state index in [1.807, 2.05) is 24.3 Å². The van der Waals surface area contributed by atoms with Gasteiger partial charge in [-0.1, -0.05) is 24.3 Å². The lowest BCUT2D eigenvalue weighted by Gasteiger charge is -2.23. The zero-order chi connectivity index (χ0) is 16.7. The Morgan fingerprint density at radius 1 is 1.21 bits per heavy atom. The lowest BCUT2D eigenvalue weighted by molar-refractivity contribution is -0.133. The number of halogens is 1. The Balaban J connectivity index is 1.54. The summed E-state index contributed by atoms with van der Waals surface area (Å²) < 4.78 is 13.1. The molecule has 0 atom stereocenters. The molecule has 4 rings (SSSR count). The second-order valence-electron chi connectivity index (χ2n) is 6.45. The third-order valence-electron chi connectivity index (χ3n) is 4.73. The number of para-hydroxylation sites is 2. The monoisotopic (exact) mass is 323 g/mol. The summed E-state index contributed by atoms with van der Waals surface area (Å²) in [5.41, 5.74) is 2.26. The molecule has 122 valence electrons. The van der Waals surface area contributed by atoms with Crippen LogP contribution in [0.15, 0.2) is 48.5 Å². The van der Waals surface area contributed by atoms with Gasteiger partial charge in [0.15, 0.2) is 0 Å². The van der Waals surface area contributed by atoms with Crippen LogP contribution >= 0.6 is 0 Å². The summed E-state index contributed by atoms with van der Waals surface area (Å²) in [4.78, 5) is 22.4. The molecule has 4 nitrogen and oxygen atoms in total. The van der Waals surface area contributed by atoms with Crippen molar-refractivity contribution >= 4 is 16.9 Å². The second-order valence-corrected chi connectivity index (χ2v) is 6.45. The van der Waals surface area contributed by atoms with Crippen LogP contribution in [0, 0.1) is 5.82 Å². The number of nitrogens with zero attached hydrogens (tertiary/aromatic N) is 2. The van der Waals surface area contributed by atoms with Crippen LogP contribution in [0.5, 0.6) is 0 Å². The fourth-order valence-corrected chi connectivity index (χ4v) is 3.26. The van der Waals surface area contributed by atoms with Gasteiger partial charge in [0.05, 0.1) is 23.0 Å². The number of rotatable bonds is 4. The van der Waals surface area contributed by atoms with Crippen LogP contribution in [-0.2, 0) is 16.8 Å². The highest BCUT2D eigenvalue weighted by atomic mass is 19.1. The number of H-pyrrole nitrogens is 1. The first-order valence-electron chi connectivity index (χ1n) is 8.04. The van der Waals surface area contributed by atoms with E-state index < -0.39 is 5.41 Å². The van der Waals surface area contributed by atoms with E-state index in [9.17, 15) is 9.18 Å². The Morgan fingerprint density at radius 3 is 2.58 bits per heavy atom. The predicted octanol–water partition coefficient (Wildman–Crippen LogP) is 3.39. The first-order chi connectivity index (χ1) is 11.6. The fraction of sp³-hybridized carbons (Fsp3) is 0.263. The summed E-state index contributed by atoms with van der Waals surface area (Å²) in [6, 6.07) is 14.1. The molecule has 0 bridgehead atoms. The van der Waals surface area contributed by atoms with Gasteiger partial charge in [0.1, 0.15) is 11.6 Å². The molecule has 1 N–H and O–H groups in total. The second kappa shape index (κ2) is 5.44. The molecule has 1 aliphatic rings. The van der Waals surface area contributed by atoms with Crippen LogP contribution in [-0.4, -0.2) is 27.8 Å². The third-order valence-corrected chi connectivity index (χ3v) is 4.73. The zero-order valence-corrected chi connectivity index (χ0v) is 13.4. The number of imidazole rings is 1. The molecular weight excluding hydrogens is 305 g/mol. The maximum absolute atomic E-state index is 13.1. The van der Waals surface area contributed by atoms with Gasteiger partial charge in [-0.3, -0.25) is 4.79 Å². The van der Waals surface area contributed by atoms with Crippen LogP contribution < -0.4 is 0 Å². The number of carbonyl (C=O) groups is 1. The highest BCUT2D eigenvalue weighted by Gasteiger charge is 2.52. The summed E-state index contributed by atoms with van der Waals surface area (Å²) in [6.07, 6.45) is 1.61. The molecule has 5 heteroatoms. The van der Waals surface area contributed by atoms with Gasteiger partial charge in [0, 0.05) is 7.05 Å². The molecule has 3 aromatic rings. The van der Waals surface area contributed by atoms with Gasteiger partial charge in [-0.05, 0) is 42.7 Å². The molecule has 1 aliphatic carbocycles. The highest BCUT2D eigenvalue weighted by molar-refractivity contribution is 5.91. The van der Waals surface area contributed by atoms with Crippen molar-refractivity contribution in [3.8, 4) is 0 Å². The number of carbonyl (C=O) groups excluding carboxylic acids is 1. The number of benzene rings is 2. The third kappa shape index (κ3) is 2.46. The summed E-state index contributed by atoms with van der Waals surface area (Å²) in [7, 11) is 1.79. The first kappa shape index (κ1) is 14.9. The minimum Gasteiger partial charge on any atom is -0.340 e. The normalized spacial score (nSPS) is 15.4. The van der Waals surface area contributed by atoms with Gasteiger partial charge in [0.25, 0.3) is 0 Å². The molecule has 1 aromatic heterocycles. The number of hydrogen-bond donors (Lipinski definition) is 1. The van der Waals surface area contributed by atoms with Crippen LogP contribution in [0.3, 0.4) is 0 Å². The maximum Gasteiger partial charge on any atom is 0.233 e. The Bertz CT molecular complexity index is 863. The lowest BCUT2D eigenvalue weighted by atomic mass is 9.94. The lowest BCUT2D eigenvalue weighted by Crippen LogP contribution is -2.36. The SMILES string of the molecule is CN(Cc1nc2ccccc2[nH]1)C(=O)C1(c2ccc(F)cc2)CC1. The van der Waals surface area contributed by atoms with Crippen LogP contribution in [0.1, 0.15) is 24.2 Å². The van der Waals surface area contributed by atoms with E-state index >= 15 is 0 Å². The molecule has 1 fully saturated rings. The average molecular weight is 323 g/mol. The number of nitrogens with one attached hydrogen (secondary N) is 1. The molecule has 0 spiro atoms. The van der Waals surface area contributed by atoms with Gasteiger partial charge in [-0.25, -0.2) is 9.37 Å². The molecule has 2 aromatic carbocycles. The number of aromatic nitrogens is 2. The number of hydrogen-bond acceptors (Lipinski definition) is 2. The summed E-state index contributed by atoms with van der Waals surface area (Å²) >= 11 is 0. The first-order valence-corrected chi connectivity index (χ1v) is 8.04. The molecule has 1 amide bonds. The van der Waals surface area contributed by atoms with Gasteiger partial charge in [-0.2, -0.15) is 0 Å². The number of fused-ring (bicyclic) bond motifs is 1. The van der Waals surface area contributed by atoms with E-state index in [2.05, 4.69) is 9.97 Å². The Kier molecular flexibility index (Phi) is 3.37. The van der Waals surface area contributed by atoms with Crippen LogP contribution in [0.2, 0.25) is 0 Å². The standard InChI is InChI=1S/C19H18FN3O/c1-23(12-17-21-15-4-2-3-5-16(15)22-17)18(24)19(10-11-19)13-6-8-14(20)9-7-13/h2-9H,10-12H2,1H3,(H,21,22). The summed E-state index contributed by atoms with van der Waals surface area (Å²) in [6.45, 7) is 0.427. The topological polar surface area (TPSA) is 49.0 Å². The van der Waals surface area contributed by atoms with Gasteiger partial charge < -0.3 is 9.88 Å². The number of amides is 1. The Labute approximate surface area is 139 Å². The van der Waals surface area contributed by atoms with Crippen molar-refractivity contribution in [3.63, 3.8) is 0 Å². The largest absolute Gasteiger partial charge is 0.340 e. The van der Waals surface area contributed by atoms with Crippen LogP contribution in [0.4, 0.5) is 4.39 Å². The maximum atomic E-state index is 13.1. The fourth-order valence-electron chi connectivity index (χ4n) is 3.26. The van der Waals surface area contributed by atoms with Gasteiger partial charge in [-0.15, -0.1) is 0 Å². The molecule has 1 saturated carbocycles. The summed E-state index contributed by atoms with van der Waals surface area (Å²) in [5, 5.41) is 0. The van der Waals surface area contributed by atoms with E-state index in [0.29, 0.717) is 6.54 Å². The van der Waals surface area contributed by atoms with E-state index in [1.165, 1.54) is 12.1 Å². The van der Waals surface area contributed by atoms with Crippen molar-refractivity contribution in [2.24, 2.45) is 0 Å². The summed E-state index contributed by atoms with van der Waals surface area (Å²) in [5.74, 6) is 0.550. The molecule has 1 heterocycles. The average Bonchev–Trinajstić information content (AvgIpc) is 3.29. The van der Waals surface area contributed by atoms with E-state index in [-0.39, 0.29) is 11.7 Å². The smallest absolute Gasteiger partial charge is 0.233 e. The number of likely N-dealkylation sites (N-methyl/N-ethyl adjacent to an activating group) is 1. The Morgan fingerprint density at radius 2 is 1.92 bits per heavy atom. The molecule has 24 heavy (non-hydrogen) atoms. The van der Waals surface area contributed by atoms with E-state index in [4.69, 9.17) is 0 Å². The zero-order valence-electron chi connectivity index (χ0n) is 13.4. The van der Waals surface area contributed by atoms with Gasteiger partial charge >= 0.3 is 0 Å². The van der Waals surface area contributed by atoms with E-state index in [1.54, 1.807) is 24.1 Å². The van der Waals surface area contributed by atoms with Gasteiger partial charge in [0.2, 0.25) is 5.91 Å². The minimum atomic E-state index is -0.492. The predicted molar refractivity (Wildman–Crippen MR) is 89.9 cm³/mol. The number of aromatic amines is 1.